The first-order chi connectivity index (χ1) is 14.1. The van der Waals surface area contributed by atoms with Gasteiger partial charge in [0.15, 0.2) is 5.78 Å². The molecular weight excluding hydrogens is 360 g/mol. The van der Waals surface area contributed by atoms with Crippen molar-refractivity contribution in [3.8, 4) is 5.75 Å². The molecule has 3 aromatic rings. The molecule has 0 saturated heterocycles. The van der Waals surface area contributed by atoms with Crippen LogP contribution in [0.3, 0.4) is 0 Å². The quantitative estimate of drug-likeness (QED) is 0.485. The highest BCUT2D eigenvalue weighted by molar-refractivity contribution is 6.10. The fourth-order valence-corrected chi connectivity index (χ4v) is 3.37. The molecule has 1 N–H and O–H groups in total. The van der Waals surface area contributed by atoms with Crippen LogP contribution in [0.15, 0.2) is 109 Å². The third-order valence-electron chi connectivity index (χ3n) is 5.00. The topological polar surface area (TPSA) is 46.5 Å². The maximum Gasteiger partial charge on any atom is 0.196 e. The number of hydrogen-bond donors (Lipinski definition) is 1. The summed E-state index contributed by atoms with van der Waals surface area (Å²) in [6.45, 7) is 0.0284. The van der Waals surface area contributed by atoms with Gasteiger partial charge < -0.3 is 9.84 Å². The molecule has 3 nitrogen and oxygen atoms in total. The molecule has 1 aliphatic carbocycles. The number of rotatable bonds is 6. The van der Waals surface area contributed by atoms with E-state index in [-0.39, 0.29) is 18.3 Å². The van der Waals surface area contributed by atoms with Crippen molar-refractivity contribution in [1.29, 1.82) is 0 Å². The van der Waals surface area contributed by atoms with Crippen molar-refractivity contribution < 1.29 is 14.6 Å². The minimum atomic E-state index is -1.21. The maximum absolute atomic E-state index is 12.8. The number of carbonyl (C=O) groups excluding carboxylic acids is 1. The molecule has 0 atom stereocenters. The van der Waals surface area contributed by atoms with E-state index in [1.54, 1.807) is 36.4 Å². The molecule has 0 amide bonds. The Balaban J connectivity index is 1.48. The van der Waals surface area contributed by atoms with Gasteiger partial charge in [0.25, 0.3) is 0 Å². The Morgan fingerprint density at radius 3 is 2.10 bits per heavy atom. The molecule has 4 rings (SSSR count). The molecule has 0 aromatic heterocycles. The number of para-hydroxylation sites is 1. The largest absolute Gasteiger partial charge is 0.489 e. The highest BCUT2D eigenvalue weighted by Gasteiger charge is 2.26. The van der Waals surface area contributed by atoms with Gasteiger partial charge in [-0.2, -0.15) is 0 Å². The minimum Gasteiger partial charge on any atom is -0.489 e. The Bertz CT molecular complexity index is 1020. The van der Waals surface area contributed by atoms with Gasteiger partial charge in [0.2, 0.25) is 0 Å². The van der Waals surface area contributed by atoms with E-state index in [2.05, 4.69) is 12.1 Å². The smallest absolute Gasteiger partial charge is 0.196 e. The second-order valence-electron chi connectivity index (χ2n) is 7.13. The van der Waals surface area contributed by atoms with E-state index in [1.807, 2.05) is 60.7 Å². The van der Waals surface area contributed by atoms with Crippen molar-refractivity contribution >= 4 is 5.78 Å². The number of hydrogen-bond acceptors (Lipinski definition) is 3. The monoisotopic (exact) mass is 382 g/mol. The molecule has 3 heteroatoms. The van der Waals surface area contributed by atoms with Gasteiger partial charge in [-0.3, -0.25) is 4.79 Å². The van der Waals surface area contributed by atoms with Crippen LogP contribution < -0.4 is 4.74 Å². The van der Waals surface area contributed by atoms with Gasteiger partial charge in [-0.15, -0.1) is 0 Å². The van der Waals surface area contributed by atoms with Crippen molar-refractivity contribution in [3.63, 3.8) is 0 Å². The molecule has 0 radical (unpaired) electrons. The molecule has 3 aromatic carbocycles. The van der Waals surface area contributed by atoms with Crippen molar-refractivity contribution in [1.82, 2.24) is 0 Å². The first-order valence-corrected chi connectivity index (χ1v) is 9.62. The zero-order chi connectivity index (χ0) is 20.1. The van der Waals surface area contributed by atoms with Crippen LogP contribution in [0.2, 0.25) is 0 Å². The molecule has 144 valence electrons. The lowest BCUT2D eigenvalue weighted by atomic mass is 9.89. The summed E-state index contributed by atoms with van der Waals surface area (Å²) in [5.41, 5.74) is 1.04. The lowest BCUT2D eigenvalue weighted by Gasteiger charge is -2.26. The lowest BCUT2D eigenvalue weighted by Crippen LogP contribution is -2.33. The van der Waals surface area contributed by atoms with E-state index in [1.165, 1.54) is 5.56 Å². The zero-order valence-electron chi connectivity index (χ0n) is 15.9. The predicted molar refractivity (Wildman–Crippen MR) is 114 cm³/mol. The second-order valence-corrected chi connectivity index (χ2v) is 7.13. The number of benzene rings is 3. The molecule has 0 spiro atoms. The van der Waals surface area contributed by atoms with Crippen LogP contribution in [0.1, 0.15) is 27.4 Å². The van der Waals surface area contributed by atoms with Gasteiger partial charge in [-0.25, -0.2) is 0 Å². The average Bonchev–Trinajstić information content (AvgIpc) is 2.79. The first-order valence-electron chi connectivity index (χ1n) is 9.62. The Kier molecular flexibility index (Phi) is 5.41. The predicted octanol–water partition coefficient (Wildman–Crippen LogP) is 4.94. The fraction of sp³-hybridized carbons (Fsp3) is 0.115. The maximum atomic E-state index is 12.8. The van der Waals surface area contributed by atoms with E-state index in [9.17, 15) is 9.90 Å². The molecule has 29 heavy (non-hydrogen) atoms. The van der Waals surface area contributed by atoms with Crippen LogP contribution in [-0.2, 0) is 0 Å². The van der Waals surface area contributed by atoms with Crippen LogP contribution in [0.5, 0.6) is 5.75 Å². The van der Waals surface area contributed by atoms with Crippen molar-refractivity contribution in [2.24, 2.45) is 0 Å². The number of ether oxygens (including phenoxy) is 1. The normalized spacial score (nSPS) is 20.4. The Morgan fingerprint density at radius 2 is 1.41 bits per heavy atom. The molecule has 0 unspecified atom stereocenters. The van der Waals surface area contributed by atoms with E-state index in [0.717, 1.165) is 0 Å². The number of ketones is 1. The summed E-state index contributed by atoms with van der Waals surface area (Å²) in [6, 6.07) is 26.3. The highest BCUT2D eigenvalue weighted by Crippen LogP contribution is 2.28. The third kappa shape index (κ3) is 4.36. The minimum absolute atomic E-state index is 0.0284. The van der Waals surface area contributed by atoms with Crippen LogP contribution in [-0.4, -0.2) is 23.1 Å². The molecular formula is C26H22O3. The standard InChI is InChI=1S/C26H22O3/c27-25(22-11-5-2-6-12-22)23-13-7-8-14-24(23)29-19-26(28)17-15-21(16-18-26)20-9-3-1-4-10-20/h1-18,21,28H,19H2. The van der Waals surface area contributed by atoms with E-state index >= 15 is 0 Å². The van der Waals surface area contributed by atoms with Crippen molar-refractivity contribution in [3.05, 3.63) is 126 Å². The summed E-state index contributed by atoms with van der Waals surface area (Å²) in [6.07, 6.45) is 7.46. The first kappa shape index (κ1) is 18.9. The SMILES string of the molecule is O=C(c1ccccc1)c1ccccc1OCC1(O)C=CC(c2ccccc2)C=C1. The van der Waals surface area contributed by atoms with Gasteiger partial charge in [-0.05, 0) is 29.8 Å². The van der Waals surface area contributed by atoms with E-state index in [0.29, 0.717) is 16.9 Å². The zero-order valence-corrected chi connectivity index (χ0v) is 15.9. The highest BCUT2D eigenvalue weighted by atomic mass is 16.5. The Labute approximate surface area is 170 Å². The lowest BCUT2D eigenvalue weighted by molar-refractivity contribution is 0.0766. The molecule has 0 bridgehead atoms. The number of allylic oxidation sites excluding steroid dienone is 2. The summed E-state index contributed by atoms with van der Waals surface area (Å²) >= 11 is 0. The molecule has 1 aliphatic rings. The molecule has 0 fully saturated rings. The number of aliphatic hydroxyl groups is 1. The fourth-order valence-electron chi connectivity index (χ4n) is 3.37. The van der Waals surface area contributed by atoms with Gasteiger partial charge in [0.05, 0.1) is 5.56 Å². The van der Waals surface area contributed by atoms with Crippen LogP contribution in [0.25, 0.3) is 0 Å². The van der Waals surface area contributed by atoms with Gasteiger partial charge in [0, 0.05) is 11.5 Å². The van der Waals surface area contributed by atoms with E-state index in [4.69, 9.17) is 4.74 Å². The van der Waals surface area contributed by atoms with Crippen molar-refractivity contribution in [2.45, 2.75) is 11.5 Å². The molecule has 0 aliphatic heterocycles. The van der Waals surface area contributed by atoms with Gasteiger partial charge >= 0.3 is 0 Å². The van der Waals surface area contributed by atoms with Crippen LogP contribution >= 0.6 is 0 Å². The summed E-state index contributed by atoms with van der Waals surface area (Å²) in [4.78, 5) is 12.8. The summed E-state index contributed by atoms with van der Waals surface area (Å²) < 4.78 is 5.89. The Morgan fingerprint density at radius 1 is 0.828 bits per heavy atom. The van der Waals surface area contributed by atoms with Gasteiger partial charge in [0.1, 0.15) is 18.0 Å². The number of carbonyl (C=O) groups is 1. The van der Waals surface area contributed by atoms with Crippen LogP contribution in [0.4, 0.5) is 0 Å². The van der Waals surface area contributed by atoms with Crippen LogP contribution in [0, 0.1) is 0 Å². The summed E-state index contributed by atoms with van der Waals surface area (Å²) in [5.74, 6) is 0.484. The molecule has 0 heterocycles. The summed E-state index contributed by atoms with van der Waals surface area (Å²) in [7, 11) is 0. The average molecular weight is 382 g/mol. The third-order valence-corrected chi connectivity index (χ3v) is 5.00. The Hall–Kier alpha value is -3.43. The van der Waals surface area contributed by atoms with Gasteiger partial charge in [-0.1, -0.05) is 84.9 Å². The van der Waals surface area contributed by atoms with Crippen molar-refractivity contribution in [2.75, 3.05) is 6.61 Å². The molecule has 0 saturated carbocycles. The second kappa shape index (κ2) is 8.29. The summed E-state index contributed by atoms with van der Waals surface area (Å²) in [5, 5.41) is 10.9. The van der Waals surface area contributed by atoms with E-state index < -0.39 is 5.60 Å².